The Kier molecular flexibility index (Phi) is 4.39. The molecule has 0 aromatic heterocycles. The quantitative estimate of drug-likeness (QED) is 0.674. The van der Waals surface area contributed by atoms with Crippen molar-refractivity contribution < 1.29 is 9.53 Å². The molecule has 0 spiro atoms. The van der Waals surface area contributed by atoms with Crippen LogP contribution in [-0.2, 0) is 4.74 Å². The van der Waals surface area contributed by atoms with E-state index in [1.807, 2.05) is 18.2 Å². The Balaban J connectivity index is 2.01. The molecule has 0 radical (unpaired) electrons. The first kappa shape index (κ1) is 13.1. The maximum absolute atomic E-state index is 11.3. The van der Waals surface area contributed by atoms with Crippen LogP contribution >= 0.6 is 11.6 Å². The summed E-state index contributed by atoms with van der Waals surface area (Å²) in [5.74, 6) is -0.316. The average Bonchev–Trinajstić information content (AvgIpc) is 2.81. The number of hydrogen-bond acceptors (Lipinski definition) is 3. The minimum Gasteiger partial charge on any atom is -0.465 e. The van der Waals surface area contributed by atoms with E-state index in [1.54, 1.807) is 12.1 Å². The molecule has 1 saturated heterocycles. The van der Waals surface area contributed by atoms with Gasteiger partial charge in [-0.3, -0.25) is 0 Å². The lowest BCUT2D eigenvalue weighted by atomic mass is 10.1. The maximum Gasteiger partial charge on any atom is 0.337 e. The van der Waals surface area contributed by atoms with E-state index in [1.165, 1.54) is 7.11 Å². The topological polar surface area (TPSA) is 38.3 Å². The van der Waals surface area contributed by atoms with Gasteiger partial charge in [0.1, 0.15) is 0 Å². The minimum absolute atomic E-state index is 0.163. The summed E-state index contributed by atoms with van der Waals surface area (Å²) in [6, 6.07) is 7.52. The molecule has 4 heteroatoms. The van der Waals surface area contributed by atoms with Crippen molar-refractivity contribution in [2.75, 3.05) is 13.7 Å². The Morgan fingerprint density at radius 3 is 2.72 bits per heavy atom. The molecule has 0 amide bonds. The number of alkyl halides is 1. The highest BCUT2D eigenvalue weighted by atomic mass is 35.5. The first-order chi connectivity index (χ1) is 8.70. The van der Waals surface area contributed by atoms with Gasteiger partial charge < -0.3 is 10.1 Å². The lowest BCUT2D eigenvalue weighted by Crippen LogP contribution is -2.24. The first-order valence-electron chi connectivity index (χ1n) is 5.95. The van der Waals surface area contributed by atoms with Gasteiger partial charge in [-0.05, 0) is 30.7 Å². The zero-order valence-corrected chi connectivity index (χ0v) is 11.0. The first-order valence-corrected chi connectivity index (χ1v) is 6.38. The van der Waals surface area contributed by atoms with Crippen molar-refractivity contribution in [3.63, 3.8) is 0 Å². The van der Waals surface area contributed by atoms with Gasteiger partial charge >= 0.3 is 5.97 Å². The van der Waals surface area contributed by atoms with Gasteiger partial charge in [-0.15, -0.1) is 11.6 Å². The largest absolute Gasteiger partial charge is 0.465 e. The summed E-state index contributed by atoms with van der Waals surface area (Å²) in [6.07, 6.45) is 5.08. The summed E-state index contributed by atoms with van der Waals surface area (Å²) >= 11 is 6.16. The molecule has 1 unspecified atom stereocenters. The van der Waals surface area contributed by atoms with Crippen LogP contribution in [0, 0.1) is 0 Å². The van der Waals surface area contributed by atoms with Crippen LogP contribution in [0.4, 0.5) is 0 Å². The molecule has 1 fully saturated rings. The van der Waals surface area contributed by atoms with Crippen molar-refractivity contribution in [1.82, 2.24) is 5.32 Å². The number of halogens is 1. The fraction of sp³-hybridized carbons (Fsp3) is 0.357. The lowest BCUT2D eigenvalue weighted by Gasteiger charge is -2.07. The Morgan fingerprint density at radius 1 is 1.44 bits per heavy atom. The predicted molar refractivity (Wildman–Crippen MR) is 72.9 cm³/mol. The minimum atomic E-state index is -0.316. The van der Waals surface area contributed by atoms with Gasteiger partial charge in [0.15, 0.2) is 0 Å². The van der Waals surface area contributed by atoms with Gasteiger partial charge in [0.05, 0.1) is 18.1 Å². The third kappa shape index (κ3) is 3.12. The zero-order valence-electron chi connectivity index (χ0n) is 10.2. The van der Waals surface area contributed by atoms with Crippen LogP contribution in [-0.4, -0.2) is 31.0 Å². The Morgan fingerprint density at radius 2 is 2.17 bits per heavy atom. The molecule has 2 rings (SSSR count). The number of methoxy groups -OCH3 is 1. The average molecular weight is 266 g/mol. The van der Waals surface area contributed by atoms with Gasteiger partial charge in [-0.1, -0.05) is 24.3 Å². The highest BCUT2D eigenvalue weighted by molar-refractivity contribution is 6.21. The van der Waals surface area contributed by atoms with E-state index < -0.39 is 0 Å². The van der Waals surface area contributed by atoms with Crippen molar-refractivity contribution in [2.24, 2.45) is 0 Å². The number of benzene rings is 1. The van der Waals surface area contributed by atoms with Crippen molar-refractivity contribution >= 4 is 23.6 Å². The highest BCUT2D eigenvalue weighted by Crippen LogP contribution is 2.16. The van der Waals surface area contributed by atoms with Crippen molar-refractivity contribution in [2.45, 2.75) is 17.8 Å². The molecule has 1 N–H and O–H groups in total. The van der Waals surface area contributed by atoms with Crippen LogP contribution in [0.25, 0.3) is 6.08 Å². The van der Waals surface area contributed by atoms with E-state index in [2.05, 4.69) is 16.1 Å². The monoisotopic (exact) mass is 265 g/mol. The lowest BCUT2D eigenvalue weighted by molar-refractivity contribution is 0.0601. The maximum atomic E-state index is 11.3. The van der Waals surface area contributed by atoms with Crippen molar-refractivity contribution in [1.29, 1.82) is 0 Å². The normalized spacial score (nSPS) is 23.4. The molecule has 3 nitrogen and oxygen atoms in total. The van der Waals surface area contributed by atoms with Gasteiger partial charge in [0.25, 0.3) is 0 Å². The van der Waals surface area contributed by atoms with Crippen molar-refractivity contribution in [3.8, 4) is 0 Å². The van der Waals surface area contributed by atoms with Crippen LogP contribution in [0.15, 0.2) is 30.3 Å². The fourth-order valence-electron chi connectivity index (χ4n) is 1.95. The molecule has 2 atom stereocenters. The molecule has 0 aliphatic carbocycles. The predicted octanol–water partition coefficient (Wildman–Crippen LogP) is 2.46. The van der Waals surface area contributed by atoms with Crippen LogP contribution in [0.2, 0.25) is 0 Å². The second-order valence-corrected chi connectivity index (χ2v) is 4.82. The molecule has 1 aromatic carbocycles. The number of carbonyl (C=O) groups is 1. The summed E-state index contributed by atoms with van der Waals surface area (Å²) in [5.41, 5.74) is 1.60. The number of carbonyl (C=O) groups excluding carboxylic acids is 1. The number of hydrogen-bond donors (Lipinski definition) is 1. The standard InChI is InChI=1S/C14H16ClNO2/c1-18-14(17)11-5-2-10(3-6-11)4-7-13-12(15)8-9-16-13/h2-7,12-13,16H,8-9H2,1H3/b7-4+/t12?,13-/m0/s1. The highest BCUT2D eigenvalue weighted by Gasteiger charge is 2.21. The summed E-state index contributed by atoms with van der Waals surface area (Å²) in [7, 11) is 1.38. The third-order valence-electron chi connectivity index (χ3n) is 3.02. The smallest absolute Gasteiger partial charge is 0.337 e. The van der Waals surface area contributed by atoms with E-state index in [9.17, 15) is 4.79 Å². The van der Waals surface area contributed by atoms with Gasteiger partial charge in [-0.25, -0.2) is 4.79 Å². The van der Waals surface area contributed by atoms with Gasteiger partial charge in [0.2, 0.25) is 0 Å². The number of nitrogens with one attached hydrogen (secondary N) is 1. The van der Waals surface area contributed by atoms with Gasteiger partial charge in [-0.2, -0.15) is 0 Å². The van der Waals surface area contributed by atoms with Crippen LogP contribution in [0.5, 0.6) is 0 Å². The van der Waals surface area contributed by atoms with Gasteiger partial charge in [0, 0.05) is 6.04 Å². The Hall–Kier alpha value is -1.32. The van der Waals surface area contributed by atoms with Crippen LogP contribution in [0.1, 0.15) is 22.3 Å². The molecule has 0 saturated carbocycles. The molecule has 1 aliphatic rings. The number of ether oxygens (including phenoxy) is 1. The second-order valence-electron chi connectivity index (χ2n) is 4.26. The van der Waals surface area contributed by atoms with E-state index in [-0.39, 0.29) is 17.4 Å². The van der Waals surface area contributed by atoms with E-state index in [4.69, 9.17) is 11.6 Å². The molecule has 1 heterocycles. The summed E-state index contributed by atoms with van der Waals surface area (Å²) in [6.45, 7) is 0.963. The molecule has 96 valence electrons. The number of rotatable bonds is 3. The number of esters is 1. The zero-order chi connectivity index (χ0) is 13.0. The summed E-state index contributed by atoms with van der Waals surface area (Å²) in [5, 5.41) is 3.49. The molecular formula is C14H16ClNO2. The van der Waals surface area contributed by atoms with Crippen LogP contribution < -0.4 is 5.32 Å². The molecule has 18 heavy (non-hydrogen) atoms. The summed E-state index contributed by atoms with van der Waals surface area (Å²) < 4.78 is 4.65. The van der Waals surface area contributed by atoms with Crippen molar-refractivity contribution in [3.05, 3.63) is 41.5 Å². The fourth-order valence-corrected chi connectivity index (χ4v) is 2.23. The van der Waals surface area contributed by atoms with E-state index in [0.29, 0.717) is 5.56 Å². The SMILES string of the molecule is COC(=O)c1ccc(/C=C/[C@@H]2NCCC2Cl)cc1. The third-order valence-corrected chi connectivity index (χ3v) is 3.51. The Labute approximate surface area is 112 Å². The van der Waals surface area contributed by atoms with Crippen LogP contribution in [0.3, 0.4) is 0 Å². The second kappa shape index (κ2) is 6.03. The summed E-state index contributed by atoms with van der Waals surface area (Å²) in [4.78, 5) is 11.3. The molecular weight excluding hydrogens is 250 g/mol. The van der Waals surface area contributed by atoms with E-state index in [0.717, 1.165) is 18.5 Å². The molecule has 0 bridgehead atoms. The van der Waals surface area contributed by atoms with E-state index >= 15 is 0 Å². The molecule has 1 aliphatic heterocycles. The molecule has 1 aromatic rings. The Bertz CT molecular complexity index is 442.